The van der Waals surface area contributed by atoms with Gasteiger partial charge in [0, 0.05) is 30.6 Å². The summed E-state index contributed by atoms with van der Waals surface area (Å²) in [6.45, 7) is 9.82. The van der Waals surface area contributed by atoms with Crippen LogP contribution < -0.4 is 5.73 Å². The van der Waals surface area contributed by atoms with Crippen LogP contribution in [0.25, 0.3) is 0 Å². The van der Waals surface area contributed by atoms with E-state index in [0.29, 0.717) is 12.0 Å². The largest absolute Gasteiger partial charge is 0.380 e. The van der Waals surface area contributed by atoms with Crippen LogP contribution >= 0.6 is 0 Å². The fourth-order valence-corrected chi connectivity index (χ4v) is 3.03. The molecular weight excluding hydrogens is 214 g/mol. The van der Waals surface area contributed by atoms with E-state index < -0.39 is 0 Å². The summed E-state index contributed by atoms with van der Waals surface area (Å²) in [6.07, 6.45) is 0. The van der Waals surface area contributed by atoms with Crippen molar-refractivity contribution < 1.29 is 4.74 Å². The second-order valence-corrected chi connectivity index (χ2v) is 5.86. The molecule has 0 aromatic carbocycles. The third kappa shape index (κ3) is 1.97. The van der Waals surface area contributed by atoms with Crippen LogP contribution in [-0.4, -0.2) is 43.3 Å². The highest BCUT2D eigenvalue weighted by Crippen LogP contribution is 2.46. The van der Waals surface area contributed by atoms with Crippen molar-refractivity contribution in [3.8, 4) is 6.07 Å². The van der Waals surface area contributed by atoms with Gasteiger partial charge >= 0.3 is 0 Å². The lowest BCUT2D eigenvalue weighted by atomic mass is 9.63. The summed E-state index contributed by atoms with van der Waals surface area (Å²) < 4.78 is 5.37. The molecule has 0 aliphatic carbocycles. The molecule has 1 spiro atoms. The average molecular weight is 237 g/mol. The zero-order chi connectivity index (χ0) is 12.6. The quantitative estimate of drug-likeness (QED) is 0.772. The maximum absolute atomic E-state index is 9.38. The number of hydrogen-bond acceptors (Lipinski definition) is 4. The Bertz CT molecular complexity index is 319. The van der Waals surface area contributed by atoms with Crippen LogP contribution in [0.2, 0.25) is 0 Å². The zero-order valence-corrected chi connectivity index (χ0v) is 11.0. The number of nitrogens with two attached hydrogens (primary N) is 1. The monoisotopic (exact) mass is 237 g/mol. The molecule has 2 heterocycles. The Morgan fingerprint density at radius 1 is 1.41 bits per heavy atom. The van der Waals surface area contributed by atoms with Gasteiger partial charge in [0.05, 0.1) is 25.2 Å². The summed E-state index contributed by atoms with van der Waals surface area (Å²) in [5, 5.41) is 9.38. The minimum Gasteiger partial charge on any atom is -0.380 e. The van der Waals surface area contributed by atoms with E-state index in [-0.39, 0.29) is 17.4 Å². The molecule has 2 N–H and O–H groups in total. The van der Waals surface area contributed by atoms with Crippen molar-refractivity contribution in [3.05, 3.63) is 0 Å². The van der Waals surface area contributed by atoms with E-state index in [0.717, 1.165) is 26.3 Å². The molecule has 2 saturated heterocycles. The third-order valence-electron chi connectivity index (χ3n) is 4.84. The fraction of sp³-hybridized carbons (Fsp3) is 0.923. The van der Waals surface area contributed by atoms with Crippen LogP contribution in [0.3, 0.4) is 0 Å². The van der Waals surface area contributed by atoms with Crippen molar-refractivity contribution >= 4 is 0 Å². The van der Waals surface area contributed by atoms with Gasteiger partial charge in [0.15, 0.2) is 0 Å². The maximum Gasteiger partial charge on any atom is 0.0694 e. The van der Waals surface area contributed by atoms with Crippen LogP contribution in [0.4, 0.5) is 0 Å². The van der Waals surface area contributed by atoms with Gasteiger partial charge in [-0.2, -0.15) is 5.26 Å². The minimum absolute atomic E-state index is 0.0844. The van der Waals surface area contributed by atoms with E-state index in [9.17, 15) is 5.26 Å². The normalized spacial score (nSPS) is 35.9. The van der Waals surface area contributed by atoms with Crippen molar-refractivity contribution in [1.29, 1.82) is 5.26 Å². The molecular formula is C13H23N3O. The Kier molecular flexibility index (Phi) is 3.44. The summed E-state index contributed by atoms with van der Waals surface area (Å²) >= 11 is 0. The average Bonchev–Trinajstić information content (AvgIpc) is 2.24. The lowest BCUT2D eigenvalue weighted by molar-refractivity contribution is -0.190. The van der Waals surface area contributed by atoms with Gasteiger partial charge in [0.25, 0.3) is 0 Å². The molecule has 2 rings (SSSR count). The molecule has 2 aliphatic rings. The predicted molar refractivity (Wildman–Crippen MR) is 66.2 cm³/mol. The van der Waals surface area contributed by atoms with Gasteiger partial charge in [0.2, 0.25) is 0 Å². The molecule has 0 amide bonds. The second kappa shape index (κ2) is 4.56. The topological polar surface area (TPSA) is 62.3 Å². The van der Waals surface area contributed by atoms with Crippen molar-refractivity contribution in [2.45, 2.75) is 32.9 Å². The first-order chi connectivity index (χ1) is 8.01. The molecule has 0 saturated carbocycles. The second-order valence-electron chi connectivity index (χ2n) is 5.86. The molecule has 17 heavy (non-hydrogen) atoms. The molecule has 0 aromatic rings. The van der Waals surface area contributed by atoms with Crippen molar-refractivity contribution in [1.82, 2.24) is 4.90 Å². The fourth-order valence-electron chi connectivity index (χ4n) is 3.03. The predicted octanol–water partition coefficient (Wildman–Crippen LogP) is 0.830. The Labute approximate surface area is 104 Å². The molecule has 0 radical (unpaired) electrons. The van der Waals surface area contributed by atoms with Gasteiger partial charge in [0.1, 0.15) is 0 Å². The molecule has 0 bridgehead atoms. The number of rotatable bonds is 2. The highest BCUT2D eigenvalue weighted by atomic mass is 16.5. The summed E-state index contributed by atoms with van der Waals surface area (Å²) in [4.78, 5) is 2.37. The number of nitriles is 1. The van der Waals surface area contributed by atoms with Crippen molar-refractivity contribution in [2.75, 3.05) is 26.3 Å². The highest BCUT2D eigenvalue weighted by Gasteiger charge is 2.53. The number of likely N-dealkylation sites (tertiary alicyclic amines) is 1. The molecule has 0 aromatic heterocycles. The van der Waals surface area contributed by atoms with Crippen LogP contribution in [0.1, 0.15) is 20.8 Å². The van der Waals surface area contributed by atoms with E-state index in [1.54, 1.807) is 0 Å². The van der Waals surface area contributed by atoms with E-state index in [1.165, 1.54) is 0 Å². The number of piperidine rings is 1. The van der Waals surface area contributed by atoms with Crippen LogP contribution in [0.5, 0.6) is 0 Å². The molecule has 4 nitrogen and oxygen atoms in total. The number of hydrogen-bond donors (Lipinski definition) is 1. The summed E-state index contributed by atoms with van der Waals surface area (Å²) in [6, 6.07) is 2.97. The molecule has 4 heteroatoms. The van der Waals surface area contributed by atoms with Crippen molar-refractivity contribution in [3.63, 3.8) is 0 Å². The lowest BCUT2D eigenvalue weighted by Gasteiger charge is -2.55. The van der Waals surface area contributed by atoms with Crippen LogP contribution in [-0.2, 0) is 4.74 Å². The zero-order valence-electron chi connectivity index (χ0n) is 11.0. The maximum atomic E-state index is 9.38. The summed E-state index contributed by atoms with van der Waals surface area (Å²) in [7, 11) is 0. The van der Waals surface area contributed by atoms with E-state index in [1.807, 2.05) is 6.92 Å². The van der Waals surface area contributed by atoms with Crippen LogP contribution in [0.15, 0.2) is 0 Å². The molecule has 96 valence electrons. The van der Waals surface area contributed by atoms with Gasteiger partial charge in [-0.15, -0.1) is 0 Å². The highest BCUT2D eigenvalue weighted by molar-refractivity contribution is 5.09. The summed E-state index contributed by atoms with van der Waals surface area (Å²) in [5.74, 6) is 0.594. The van der Waals surface area contributed by atoms with E-state index in [2.05, 4.69) is 24.8 Å². The first kappa shape index (κ1) is 12.8. The Balaban J connectivity index is 2.11. The van der Waals surface area contributed by atoms with Gasteiger partial charge in [-0.25, -0.2) is 0 Å². The third-order valence-corrected chi connectivity index (χ3v) is 4.84. The molecule has 4 unspecified atom stereocenters. The standard InChI is InChI=1S/C13H23N3O/c1-9-5-16(11(3)10(2)15)6-12(4-14)13(9)7-17-8-13/h9-12H,5-8,15H2,1-3H3. The molecule has 2 aliphatic heterocycles. The van der Waals surface area contributed by atoms with E-state index >= 15 is 0 Å². The van der Waals surface area contributed by atoms with Gasteiger partial charge in [-0.05, 0) is 19.8 Å². The Morgan fingerprint density at radius 2 is 2.06 bits per heavy atom. The Morgan fingerprint density at radius 3 is 2.47 bits per heavy atom. The molecule has 2 fully saturated rings. The van der Waals surface area contributed by atoms with Gasteiger partial charge in [-0.1, -0.05) is 6.92 Å². The van der Waals surface area contributed by atoms with Gasteiger partial charge in [-0.3, -0.25) is 4.90 Å². The first-order valence-corrected chi connectivity index (χ1v) is 6.48. The van der Waals surface area contributed by atoms with Crippen molar-refractivity contribution in [2.24, 2.45) is 23.0 Å². The SMILES string of the molecule is CC(N)C(C)N1CC(C)C2(COC2)C(C#N)C1. The molecule has 4 atom stereocenters. The van der Waals surface area contributed by atoms with Crippen LogP contribution in [0, 0.1) is 28.6 Å². The number of nitrogens with zero attached hydrogens (tertiary/aromatic N) is 2. The summed E-state index contributed by atoms with van der Waals surface area (Å²) in [5.41, 5.74) is 6.08. The van der Waals surface area contributed by atoms with Gasteiger partial charge < -0.3 is 10.5 Å². The lowest BCUT2D eigenvalue weighted by Crippen LogP contribution is -2.63. The smallest absolute Gasteiger partial charge is 0.0694 e. The van der Waals surface area contributed by atoms with E-state index in [4.69, 9.17) is 10.5 Å². The first-order valence-electron chi connectivity index (χ1n) is 6.48. The Hall–Kier alpha value is -0.630. The minimum atomic E-state index is 0.0844. The number of ether oxygens (including phenoxy) is 1.